The van der Waals surface area contributed by atoms with Crippen LogP contribution in [-0.4, -0.2) is 66.2 Å². The predicted molar refractivity (Wildman–Crippen MR) is 114 cm³/mol. The number of rotatable bonds is 6. The van der Waals surface area contributed by atoms with E-state index in [0.717, 1.165) is 26.0 Å². The summed E-state index contributed by atoms with van der Waals surface area (Å²) in [5.74, 6) is 0.638. The van der Waals surface area contributed by atoms with Crippen molar-refractivity contribution in [2.45, 2.75) is 95.5 Å². The normalized spacial score (nSPS) is 38.1. The second kappa shape index (κ2) is 9.36. The maximum atomic E-state index is 10.1. The summed E-state index contributed by atoms with van der Waals surface area (Å²) in [4.78, 5) is 12.4. The van der Waals surface area contributed by atoms with Gasteiger partial charge in [-0.2, -0.15) is 0 Å². The van der Waals surface area contributed by atoms with Crippen molar-refractivity contribution in [1.82, 2.24) is 10.2 Å². The highest BCUT2D eigenvalue weighted by molar-refractivity contribution is 5.64. The lowest BCUT2D eigenvalue weighted by atomic mass is 9.71. The van der Waals surface area contributed by atoms with Crippen LogP contribution >= 0.6 is 0 Å². The number of likely N-dealkylation sites (tertiary alicyclic amines) is 1. The minimum atomic E-state index is -0.921. The Kier molecular flexibility index (Phi) is 7.28. The van der Waals surface area contributed by atoms with Crippen molar-refractivity contribution in [1.29, 1.82) is 0 Å². The Hall–Kier alpha value is -1.11. The first-order valence-corrected chi connectivity index (χ1v) is 11.4. The molecule has 3 saturated heterocycles. The Bertz CT molecular complexity index is 600. The Balaban J connectivity index is 0.000000177. The van der Waals surface area contributed by atoms with Crippen LogP contribution in [0.25, 0.3) is 0 Å². The van der Waals surface area contributed by atoms with Crippen molar-refractivity contribution in [2.75, 3.05) is 26.7 Å². The molecule has 0 aromatic heterocycles. The molecule has 0 aromatic carbocycles. The van der Waals surface area contributed by atoms with Crippen LogP contribution in [-0.2, 0) is 9.47 Å². The number of nitrogens with zero attached hydrogens (tertiary/aromatic N) is 1. The lowest BCUT2D eigenvalue weighted by Crippen LogP contribution is -2.39. The molecular weight excluding hydrogens is 368 g/mol. The van der Waals surface area contributed by atoms with Crippen LogP contribution in [0.15, 0.2) is 11.6 Å². The molecule has 0 aromatic rings. The van der Waals surface area contributed by atoms with Gasteiger partial charge < -0.3 is 24.8 Å². The quantitative estimate of drug-likeness (QED) is 0.509. The molecule has 166 valence electrons. The number of carbonyl (C=O) groups is 1. The predicted octanol–water partition coefficient (Wildman–Crippen LogP) is 4.20. The van der Waals surface area contributed by atoms with Gasteiger partial charge in [-0.3, -0.25) is 0 Å². The van der Waals surface area contributed by atoms with Crippen LogP contribution in [0.4, 0.5) is 4.79 Å². The molecule has 0 radical (unpaired) electrons. The summed E-state index contributed by atoms with van der Waals surface area (Å²) in [5.41, 5.74) is 1.71. The van der Waals surface area contributed by atoms with E-state index in [9.17, 15) is 4.79 Å². The average molecular weight is 409 g/mol. The van der Waals surface area contributed by atoms with Gasteiger partial charge in [-0.05, 0) is 72.9 Å². The monoisotopic (exact) mass is 408 g/mol. The first-order chi connectivity index (χ1) is 13.8. The van der Waals surface area contributed by atoms with E-state index >= 15 is 0 Å². The molecule has 4 fully saturated rings. The topological polar surface area (TPSA) is 77.6 Å². The molecule has 0 bridgehead atoms. The van der Waals surface area contributed by atoms with Gasteiger partial charge in [0.2, 0.25) is 0 Å². The van der Waals surface area contributed by atoms with Crippen LogP contribution in [0.2, 0.25) is 0 Å². The van der Waals surface area contributed by atoms with Crippen molar-refractivity contribution in [3.8, 4) is 0 Å². The lowest BCUT2D eigenvalue weighted by Gasteiger charge is -2.32. The van der Waals surface area contributed by atoms with E-state index in [0.29, 0.717) is 24.6 Å². The highest BCUT2D eigenvalue weighted by atomic mass is 16.6. The van der Waals surface area contributed by atoms with Crippen LogP contribution < -0.4 is 5.32 Å². The molecule has 1 aliphatic carbocycles. The van der Waals surface area contributed by atoms with Gasteiger partial charge >= 0.3 is 6.09 Å². The largest absolute Gasteiger partial charge is 0.465 e. The summed E-state index contributed by atoms with van der Waals surface area (Å²) < 4.78 is 11.8. The van der Waals surface area contributed by atoms with Crippen molar-refractivity contribution in [2.24, 2.45) is 5.92 Å². The molecule has 4 aliphatic rings. The number of amides is 1. The van der Waals surface area contributed by atoms with E-state index in [1.54, 1.807) is 0 Å². The van der Waals surface area contributed by atoms with Crippen LogP contribution in [0.1, 0.15) is 72.1 Å². The van der Waals surface area contributed by atoms with Crippen LogP contribution in [0.3, 0.4) is 0 Å². The van der Waals surface area contributed by atoms with Gasteiger partial charge in [-0.15, -0.1) is 0 Å². The number of hydrogen-bond donors (Lipinski definition) is 2. The second-order valence-electron chi connectivity index (χ2n) is 9.76. The van der Waals surface area contributed by atoms with Crippen LogP contribution in [0.5, 0.6) is 0 Å². The third-order valence-electron chi connectivity index (χ3n) is 7.33. The summed E-state index contributed by atoms with van der Waals surface area (Å²) in [6.45, 7) is 9.32. The average Bonchev–Trinajstić information content (AvgIpc) is 3.53. The maximum Gasteiger partial charge on any atom is 0.404 e. The molecule has 5 unspecified atom stereocenters. The van der Waals surface area contributed by atoms with E-state index < -0.39 is 6.09 Å². The van der Waals surface area contributed by atoms with E-state index in [1.807, 2.05) is 0 Å². The number of carboxylic acid groups (broad SMARTS) is 1. The highest BCUT2D eigenvalue weighted by Gasteiger charge is 2.67. The maximum absolute atomic E-state index is 10.1. The van der Waals surface area contributed by atoms with E-state index in [2.05, 4.69) is 44.1 Å². The fourth-order valence-corrected chi connectivity index (χ4v) is 5.35. The number of epoxide rings is 2. The fraction of sp³-hybridized carbons (Fsp3) is 0.870. The molecular formula is C23H40N2O4. The summed E-state index contributed by atoms with van der Waals surface area (Å²) >= 11 is 0. The third kappa shape index (κ3) is 5.74. The van der Waals surface area contributed by atoms with Gasteiger partial charge in [0.1, 0.15) is 0 Å². The SMILES string of the molecule is CC(C)=CCC1OC1(C)C1CCCCC12CO2.CN1CCCC1CCNC(=O)O. The molecule has 3 aliphatic heterocycles. The third-order valence-corrected chi connectivity index (χ3v) is 7.33. The zero-order chi connectivity index (χ0) is 21.1. The number of hydrogen-bond acceptors (Lipinski definition) is 4. The van der Waals surface area contributed by atoms with Crippen molar-refractivity contribution in [3.05, 3.63) is 11.6 Å². The smallest absolute Gasteiger partial charge is 0.404 e. The van der Waals surface area contributed by atoms with E-state index in [1.165, 1.54) is 44.1 Å². The molecule has 1 spiro atoms. The Morgan fingerprint density at radius 1 is 1.28 bits per heavy atom. The van der Waals surface area contributed by atoms with E-state index in [4.69, 9.17) is 14.6 Å². The van der Waals surface area contributed by atoms with Gasteiger partial charge in [0, 0.05) is 18.5 Å². The van der Waals surface area contributed by atoms with Gasteiger partial charge in [0.05, 0.1) is 23.9 Å². The summed E-state index contributed by atoms with van der Waals surface area (Å²) in [7, 11) is 2.10. The Morgan fingerprint density at radius 3 is 2.62 bits per heavy atom. The van der Waals surface area contributed by atoms with Crippen molar-refractivity contribution in [3.63, 3.8) is 0 Å². The first kappa shape index (κ1) is 22.6. The van der Waals surface area contributed by atoms with Gasteiger partial charge in [-0.25, -0.2) is 4.79 Å². The zero-order valence-corrected chi connectivity index (χ0v) is 18.7. The van der Waals surface area contributed by atoms with Crippen LogP contribution in [0, 0.1) is 5.92 Å². The summed E-state index contributed by atoms with van der Waals surface area (Å²) in [5, 5.41) is 10.7. The highest BCUT2D eigenvalue weighted by Crippen LogP contribution is 2.58. The van der Waals surface area contributed by atoms with Gasteiger partial charge in [-0.1, -0.05) is 24.5 Å². The number of ether oxygens (including phenoxy) is 2. The van der Waals surface area contributed by atoms with Gasteiger partial charge in [0.25, 0.3) is 0 Å². The standard InChI is InChI=1S/C15H24O2.C8H16N2O2/c1-11(2)7-8-13-14(3,17-13)12-6-4-5-9-15(12)10-16-15;1-10-6-2-3-7(10)4-5-9-8(11)12/h7,12-13H,4-6,8-10H2,1-3H3;7,9H,2-6H2,1H3,(H,11,12). The summed E-state index contributed by atoms with van der Waals surface area (Å²) in [6, 6.07) is 0.580. The minimum Gasteiger partial charge on any atom is -0.465 e. The van der Waals surface area contributed by atoms with E-state index in [-0.39, 0.29) is 11.2 Å². The van der Waals surface area contributed by atoms with Crippen molar-refractivity contribution < 1.29 is 19.4 Å². The molecule has 1 saturated carbocycles. The Morgan fingerprint density at radius 2 is 2.03 bits per heavy atom. The molecule has 4 rings (SSSR count). The fourth-order valence-electron chi connectivity index (χ4n) is 5.35. The molecule has 6 nitrogen and oxygen atoms in total. The minimum absolute atomic E-state index is 0.100. The molecule has 5 atom stereocenters. The number of allylic oxidation sites excluding steroid dienone is 1. The lowest BCUT2D eigenvalue weighted by molar-refractivity contribution is 0.0886. The van der Waals surface area contributed by atoms with Crippen molar-refractivity contribution >= 4 is 6.09 Å². The second-order valence-corrected chi connectivity index (χ2v) is 9.76. The Labute approximate surface area is 176 Å². The molecule has 2 N–H and O–H groups in total. The molecule has 6 heteroatoms. The molecule has 3 heterocycles. The number of nitrogens with one attached hydrogen (secondary N) is 1. The first-order valence-electron chi connectivity index (χ1n) is 11.4. The molecule has 29 heavy (non-hydrogen) atoms. The zero-order valence-electron chi connectivity index (χ0n) is 18.7. The molecule has 1 amide bonds. The summed E-state index contributed by atoms with van der Waals surface area (Å²) in [6.07, 6.45) is 11.5. The van der Waals surface area contributed by atoms with Gasteiger partial charge in [0.15, 0.2) is 0 Å².